The largest absolute Gasteiger partial charge is 0.395 e. The van der Waals surface area contributed by atoms with E-state index in [1.807, 2.05) is 36.1 Å². The zero-order valence-electron chi connectivity index (χ0n) is 9.93. The van der Waals surface area contributed by atoms with Crippen molar-refractivity contribution < 1.29 is 5.11 Å². The van der Waals surface area contributed by atoms with E-state index in [4.69, 9.17) is 5.11 Å². The molecule has 0 aliphatic rings. The van der Waals surface area contributed by atoms with Crippen molar-refractivity contribution in [1.82, 2.24) is 15.1 Å². The number of nitrogens with one attached hydrogen (secondary N) is 1. The lowest BCUT2D eigenvalue weighted by atomic mass is 10.1. The van der Waals surface area contributed by atoms with E-state index in [1.54, 1.807) is 0 Å². The molecule has 0 atom stereocenters. The molecule has 0 saturated carbocycles. The molecule has 0 amide bonds. The molecule has 0 radical (unpaired) electrons. The molecular weight excluding hydrogens is 214 g/mol. The number of hydrogen-bond donors (Lipinski definition) is 2. The summed E-state index contributed by atoms with van der Waals surface area (Å²) in [5.74, 6) is 0. The van der Waals surface area contributed by atoms with Crippen LogP contribution in [0.3, 0.4) is 0 Å². The van der Waals surface area contributed by atoms with Gasteiger partial charge in [-0.15, -0.1) is 0 Å². The molecule has 0 aliphatic carbocycles. The van der Waals surface area contributed by atoms with Crippen LogP contribution in [0, 0.1) is 0 Å². The second-order valence-corrected chi connectivity index (χ2v) is 3.94. The van der Waals surface area contributed by atoms with Crippen molar-refractivity contribution >= 4 is 0 Å². The van der Waals surface area contributed by atoms with Crippen LogP contribution in [0.5, 0.6) is 0 Å². The fraction of sp³-hybridized carbons (Fsp3) is 0.308. The lowest BCUT2D eigenvalue weighted by Gasteiger charge is -2.03. The summed E-state index contributed by atoms with van der Waals surface area (Å²) in [6.07, 6.45) is 2.01. The van der Waals surface area contributed by atoms with Crippen LogP contribution in [-0.2, 0) is 13.6 Å². The summed E-state index contributed by atoms with van der Waals surface area (Å²) in [4.78, 5) is 0. The Labute approximate surface area is 101 Å². The quantitative estimate of drug-likeness (QED) is 0.759. The van der Waals surface area contributed by atoms with Crippen molar-refractivity contribution in [3.63, 3.8) is 0 Å². The molecule has 0 fully saturated rings. The Morgan fingerprint density at radius 1 is 1.29 bits per heavy atom. The summed E-state index contributed by atoms with van der Waals surface area (Å²) in [6.45, 7) is 1.47. The molecule has 90 valence electrons. The summed E-state index contributed by atoms with van der Waals surface area (Å²) in [5.41, 5.74) is 3.26. The van der Waals surface area contributed by atoms with Crippen molar-refractivity contribution in [2.45, 2.75) is 6.54 Å². The van der Waals surface area contributed by atoms with Gasteiger partial charge >= 0.3 is 0 Å². The van der Waals surface area contributed by atoms with Crippen LogP contribution in [0.4, 0.5) is 0 Å². The molecule has 1 heterocycles. The molecule has 0 saturated heterocycles. The fourth-order valence-corrected chi connectivity index (χ4v) is 1.81. The predicted octanol–water partition coefficient (Wildman–Crippen LogP) is 1.17. The Hall–Kier alpha value is -1.65. The summed E-state index contributed by atoms with van der Waals surface area (Å²) >= 11 is 0. The summed E-state index contributed by atoms with van der Waals surface area (Å²) in [5, 5.41) is 16.4. The number of nitrogens with zero attached hydrogens (tertiary/aromatic N) is 2. The number of hydrogen-bond acceptors (Lipinski definition) is 3. The van der Waals surface area contributed by atoms with E-state index >= 15 is 0 Å². The summed E-state index contributed by atoms with van der Waals surface area (Å²) in [7, 11) is 1.92. The molecule has 4 heteroatoms. The normalized spacial score (nSPS) is 10.7. The van der Waals surface area contributed by atoms with Crippen LogP contribution in [0.15, 0.2) is 36.5 Å². The Balaban J connectivity index is 2.22. The van der Waals surface area contributed by atoms with Crippen LogP contribution >= 0.6 is 0 Å². The molecule has 2 N–H and O–H groups in total. The first kappa shape index (κ1) is 11.8. The lowest BCUT2D eigenvalue weighted by molar-refractivity contribution is 0.292. The molecule has 17 heavy (non-hydrogen) atoms. The highest BCUT2D eigenvalue weighted by atomic mass is 16.3. The number of aryl methyl sites for hydroxylation is 1. The van der Waals surface area contributed by atoms with Crippen LogP contribution in [-0.4, -0.2) is 28.0 Å². The van der Waals surface area contributed by atoms with E-state index in [1.165, 1.54) is 0 Å². The molecule has 4 nitrogen and oxygen atoms in total. The first-order valence-corrected chi connectivity index (χ1v) is 5.71. The van der Waals surface area contributed by atoms with E-state index in [0.29, 0.717) is 6.54 Å². The molecule has 1 aromatic carbocycles. The Morgan fingerprint density at radius 3 is 2.76 bits per heavy atom. The van der Waals surface area contributed by atoms with Crippen molar-refractivity contribution in [2.24, 2.45) is 7.05 Å². The van der Waals surface area contributed by atoms with Gasteiger partial charge in [0.2, 0.25) is 0 Å². The van der Waals surface area contributed by atoms with Gasteiger partial charge < -0.3 is 10.4 Å². The van der Waals surface area contributed by atoms with Crippen molar-refractivity contribution in [3.05, 3.63) is 42.1 Å². The third kappa shape index (κ3) is 2.93. The minimum Gasteiger partial charge on any atom is -0.395 e. The van der Waals surface area contributed by atoms with E-state index in [0.717, 1.165) is 23.4 Å². The number of aliphatic hydroxyl groups is 1. The molecule has 0 unspecified atom stereocenters. The van der Waals surface area contributed by atoms with Gasteiger partial charge in [-0.2, -0.15) is 5.10 Å². The van der Waals surface area contributed by atoms with Crippen LogP contribution in [0.25, 0.3) is 11.3 Å². The number of aliphatic hydroxyl groups excluding tert-OH is 1. The first-order chi connectivity index (χ1) is 8.31. The highest BCUT2D eigenvalue weighted by molar-refractivity contribution is 5.62. The lowest BCUT2D eigenvalue weighted by Crippen LogP contribution is -2.17. The van der Waals surface area contributed by atoms with Gasteiger partial charge in [0.25, 0.3) is 0 Å². The number of rotatable bonds is 5. The molecule has 2 aromatic rings. The maximum atomic E-state index is 8.75. The van der Waals surface area contributed by atoms with Crippen LogP contribution in [0.1, 0.15) is 5.56 Å². The van der Waals surface area contributed by atoms with Crippen molar-refractivity contribution in [2.75, 3.05) is 13.2 Å². The van der Waals surface area contributed by atoms with Gasteiger partial charge in [-0.1, -0.05) is 30.3 Å². The average Bonchev–Trinajstić information content (AvgIpc) is 2.72. The van der Waals surface area contributed by atoms with Gasteiger partial charge in [0, 0.05) is 37.5 Å². The highest BCUT2D eigenvalue weighted by Crippen LogP contribution is 2.21. The maximum Gasteiger partial charge on any atom is 0.0967 e. The molecule has 0 aliphatic heterocycles. The minimum atomic E-state index is 0.154. The first-order valence-electron chi connectivity index (χ1n) is 5.71. The van der Waals surface area contributed by atoms with E-state index < -0.39 is 0 Å². The molecule has 0 bridgehead atoms. The molecule has 0 spiro atoms. The highest BCUT2D eigenvalue weighted by Gasteiger charge is 2.08. The van der Waals surface area contributed by atoms with Crippen molar-refractivity contribution in [3.8, 4) is 11.3 Å². The summed E-state index contributed by atoms with van der Waals surface area (Å²) < 4.78 is 1.82. The van der Waals surface area contributed by atoms with Crippen LogP contribution in [0.2, 0.25) is 0 Å². The second-order valence-electron chi connectivity index (χ2n) is 3.94. The Bertz CT molecular complexity index is 465. The van der Waals surface area contributed by atoms with Gasteiger partial charge in [0.1, 0.15) is 0 Å². The van der Waals surface area contributed by atoms with Gasteiger partial charge in [0.05, 0.1) is 12.3 Å². The zero-order valence-corrected chi connectivity index (χ0v) is 9.93. The minimum absolute atomic E-state index is 0.154. The van der Waals surface area contributed by atoms with Gasteiger partial charge in [0.15, 0.2) is 0 Å². The van der Waals surface area contributed by atoms with Crippen LogP contribution < -0.4 is 5.32 Å². The predicted molar refractivity (Wildman–Crippen MR) is 67.4 cm³/mol. The monoisotopic (exact) mass is 231 g/mol. The number of benzene rings is 1. The van der Waals surface area contributed by atoms with Gasteiger partial charge in [-0.25, -0.2) is 0 Å². The standard InChI is InChI=1S/C13H17N3O/c1-16-10-12(9-14-7-8-17)13(15-16)11-5-3-2-4-6-11/h2-6,10,14,17H,7-9H2,1H3. The van der Waals surface area contributed by atoms with E-state index in [2.05, 4.69) is 22.5 Å². The third-order valence-electron chi connectivity index (χ3n) is 2.56. The smallest absolute Gasteiger partial charge is 0.0967 e. The second kappa shape index (κ2) is 5.61. The SMILES string of the molecule is Cn1cc(CNCCO)c(-c2ccccc2)n1. The maximum absolute atomic E-state index is 8.75. The van der Waals surface area contributed by atoms with Gasteiger partial charge in [-0.05, 0) is 0 Å². The number of aromatic nitrogens is 2. The fourth-order valence-electron chi connectivity index (χ4n) is 1.81. The molecule has 2 rings (SSSR count). The molecular formula is C13H17N3O. The zero-order chi connectivity index (χ0) is 12.1. The summed E-state index contributed by atoms with van der Waals surface area (Å²) in [6, 6.07) is 10.1. The molecule has 1 aromatic heterocycles. The van der Waals surface area contributed by atoms with E-state index in [9.17, 15) is 0 Å². The Morgan fingerprint density at radius 2 is 2.06 bits per heavy atom. The van der Waals surface area contributed by atoms with E-state index in [-0.39, 0.29) is 6.61 Å². The van der Waals surface area contributed by atoms with Gasteiger partial charge in [-0.3, -0.25) is 4.68 Å². The van der Waals surface area contributed by atoms with Crippen molar-refractivity contribution in [1.29, 1.82) is 0 Å². The Kier molecular flexibility index (Phi) is 3.90. The average molecular weight is 231 g/mol. The topological polar surface area (TPSA) is 50.1 Å². The third-order valence-corrected chi connectivity index (χ3v) is 2.56.